The van der Waals surface area contributed by atoms with Gasteiger partial charge in [0.05, 0.1) is 12.2 Å². The summed E-state index contributed by atoms with van der Waals surface area (Å²) in [6.07, 6.45) is -0.314. The minimum Gasteiger partial charge on any atom is -0.486 e. The Morgan fingerprint density at radius 3 is 2.66 bits per heavy atom. The summed E-state index contributed by atoms with van der Waals surface area (Å²) in [5.74, 6) is -0.501. The molecule has 0 unspecified atom stereocenters. The van der Waals surface area contributed by atoms with Gasteiger partial charge in [0.1, 0.15) is 18.5 Å². The van der Waals surface area contributed by atoms with E-state index in [-0.39, 0.29) is 30.6 Å². The van der Waals surface area contributed by atoms with Crippen LogP contribution < -0.4 is 14.8 Å². The molecule has 0 spiro atoms. The van der Waals surface area contributed by atoms with E-state index in [9.17, 15) is 18.0 Å². The third-order valence-electron chi connectivity index (χ3n) is 4.99. The van der Waals surface area contributed by atoms with Crippen molar-refractivity contribution in [3.05, 3.63) is 76.6 Å². The second-order valence-electron chi connectivity index (χ2n) is 7.36. The van der Waals surface area contributed by atoms with Gasteiger partial charge in [-0.15, -0.1) is 5.10 Å². The molecule has 2 heterocycles. The number of benzene rings is 2. The van der Waals surface area contributed by atoms with E-state index in [0.29, 0.717) is 17.7 Å². The smallest absolute Gasteiger partial charge is 0.445 e. The number of carbonyl (C=O) groups excluding carboxylic acids is 1. The fourth-order valence-electron chi connectivity index (χ4n) is 3.44. The summed E-state index contributed by atoms with van der Waals surface area (Å²) < 4.78 is 43.2. The Bertz CT molecular complexity index is 1250. The van der Waals surface area contributed by atoms with Crippen LogP contribution >= 0.6 is 0 Å². The molecule has 32 heavy (non-hydrogen) atoms. The topological polar surface area (TPSA) is 132 Å². The molecule has 1 aromatic heterocycles. The normalized spacial score (nSPS) is 16.7. The number of hydrogen-bond acceptors (Lipinski definition) is 8. The first kappa shape index (κ1) is 21.6. The van der Waals surface area contributed by atoms with Crippen molar-refractivity contribution < 1.29 is 27.1 Å². The highest BCUT2D eigenvalue weighted by atomic mass is 32.2. The SMILES string of the molecule is C[C@@H](C[C@H]1CN(S(=O)(=O)C(=O)OCc2ccccc2)c2ccccc2O1)c1n[nH]c(=O)o1. The predicted molar refractivity (Wildman–Crippen MR) is 114 cm³/mol. The van der Waals surface area contributed by atoms with Gasteiger partial charge in [-0.25, -0.2) is 14.7 Å². The number of nitrogens with one attached hydrogen (secondary N) is 1. The average Bonchev–Trinajstić information content (AvgIpc) is 3.24. The predicted octanol–water partition coefficient (Wildman–Crippen LogP) is 2.79. The van der Waals surface area contributed by atoms with Gasteiger partial charge < -0.3 is 13.9 Å². The third-order valence-corrected chi connectivity index (χ3v) is 6.46. The van der Waals surface area contributed by atoms with Gasteiger partial charge in [-0.3, -0.25) is 4.31 Å². The molecule has 0 bridgehead atoms. The Labute approximate surface area is 183 Å². The molecule has 1 N–H and O–H groups in total. The lowest BCUT2D eigenvalue weighted by Crippen LogP contribution is -2.46. The van der Waals surface area contributed by atoms with E-state index in [1.54, 1.807) is 55.5 Å². The van der Waals surface area contributed by atoms with E-state index < -0.39 is 27.2 Å². The Hall–Kier alpha value is -3.60. The molecule has 10 nitrogen and oxygen atoms in total. The lowest BCUT2D eigenvalue weighted by Gasteiger charge is -2.35. The minimum absolute atomic E-state index is 0.112. The molecular formula is C21H21N3O7S. The fourth-order valence-corrected chi connectivity index (χ4v) is 4.60. The van der Waals surface area contributed by atoms with Crippen LogP contribution in [0.4, 0.5) is 10.5 Å². The number of anilines is 1. The summed E-state index contributed by atoms with van der Waals surface area (Å²) in [4.78, 5) is 23.8. The number of rotatable bonds is 6. The highest BCUT2D eigenvalue weighted by molar-refractivity contribution is 8.06. The lowest BCUT2D eigenvalue weighted by molar-refractivity contribution is 0.164. The number of nitrogens with zero attached hydrogens (tertiary/aromatic N) is 2. The quantitative estimate of drug-likeness (QED) is 0.557. The molecule has 4 rings (SSSR count). The Balaban J connectivity index is 1.54. The second kappa shape index (κ2) is 8.87. The van der Waals surface area contributed by atoms with Crippen molar-refractivity contribution in [2.75, 3.05) is 10.8 Å². The molecule has 0 saturated heterocycles. The molecule has 0 aliphatic carbocycles. The maximum Gasteiger partial charge on any atom is 0.445 e. The van der Waals surface area contributed by atoms with Crippen LogP contribution in [0.1, 0.15) is 30.7 Å². The molecule has 11 heteroatoms. The van der Waals surface area contributed by atoms with Crippen molar-refractivity contribution in [1.82, 2.24) is 10.2 Å². The summed E-state index contributed by atoms with van der Waals surface area (Å²) >= 11 is 0. The van der Waals surface area contributed by atoms with Gasteiger partial charge in [-0.05, 0) is 24.1 Å². The van der Waals surface area contributed by atoms with E-state index >= 15 is 0 Å². The van der Waals surface area contributed by atoms with Crippen molar-refractivity contribution in [2.45, 2.75) is 32.0 Å². The maximum absolute atomic E-state index is 13.1. The minimum atomic E-state index is -4.48. The summed E-state index contributed by atoms with van der Waals surface area (Å²) in [5.41, 5.74) is 0.921. The number of aromatic amines is 1. The molecule has 2 atom stereocenters. The number of fused-ring (bicyclic) bond motifs is 1. The number of hydrogen-bond donors (Lipinski definition) is 1. The van der Waals surface area contributed by atoms with Gasteiger partial charge in [-0.1, -0.05) is 49.4 Å². The van der Waals surface area contributed by atoms with E-state index in [2.05, 4.69) is 10.2 Å². The van der Waals surface area contributed by atoms with E-state index in [4.69, 9.17) is 13.9 Å². The molecule has 0 saturated carbocycles. The molecule has 0 fully saturated rings. The molecule has 2 aromatic carbocycles. The van der Waals surface area contributed by atoms with Crippen molar-refractivity contribution >= 4 is 21.0 Å². The first-order valence-electron chi connectivity index (χ1n) is 9.89. The number of H-pyrrole nitrogens is 1. The van der Waals surface area contributed by atoms with Crippen LogP contribution in [-0.2, 0) is 21.4 Å². The van der Waals surface area contributed by atoms with Crippen LogP contribution in [0.25, 0.3) is 0 Å². The zero-order chi connectivity index (χ0) is 22.7. The molecule has 168 valence electrons. The van der Waals surface area contributed by atoms with Crippen LogP contribution in [0.15, 0.2) is 63.8 Å². The first-order valence-corrected chi connectivity index (χ1v) is 11.3. The summed E-state index contributed by atoms with van der Waals surface area (Å²) in [6, 6.07) is 15.3. The fraction of sp³-hybridized carbons (Fsp3) is 0.286. The Morgan fingerprint density at radius 2 is 1.94 bits per heavy atom. The maximum atomic E-state index is 13.1. The first-order chi connectivity index (χ1) is 15.3. The summed E-state index contributed by atoms with van der Waals surface area (Å²) in [7, 11) is -4.48. The van der Waals surface area contributed by atoms with Gasteiger partial charge >= 0.3 is 21.1 Å². The second-order valence-corrected chi connectivity index (χ2v) is 9.08. The zero-order valence-corrected chi connectivity index (χ0v) is 17.9. The van der Waals surface area contributed by atoms with Crippen molar-refractivity contribution in [2.24, 2.45) is 0 Å². The molecule has 0 amide bonds. The van der Waals surface area contributed by atoms with Gasteiger partial charge in [-0.2, -0.15) is 8.42 Å². The van der Waals surface area contributed by atoms with E-state index in [0.717, 1.165) is 4.31 Å². The van der Waals surface area contributed by atoms with Crippen LogP contribution in [0, 0.1) is 0 Å². The lowest BCUT2D eigenvalue weighted by atomic mass is 10.0. The Morgan fingerprint density at radius 1 is 1.22 bits per heavy atom. The molecule has 1 aliphatic rings. The van der Waals surface area contributed by atoms with Crippen LogP contribution in [-0.4, -0.2) is 36.6 Å². The van der Waals surface area contributed by atoms with Gasteiger partial charge in [0.25, 0.3) is 0 Å². The highest BCUT2D eigenvalue weighted by Crippen LogP contribution is 2.37. The number of aromatic nitrogens is 2. The van der Waals surface area contributed by atoms with Crippen LogP contribution in [0.3, 0.4) is 0 Å². The number of carbonyl (C=O) groups is 1. The Kier molecular flexibility index (Phi) is 5.99. The monoisotopic (exact) mass is 459 g/mol. The average molecular weight is 459 g/mol. The summed E-state index contributed by atoms with van der Waals surface area (Å²) in [5, 5.41) is 4.66. The molecular weight excluding hydrogens is 438 g/mol. The molecule has 3 aromatic rings. The van der Waals surface area contributed by atoms with Crippen molar-refractivity contribution in [3.8, 4) is 5.75 Å². The third kappa shape index (κ3) is 4.52. The van der Waals surface area contributed by atoms with Gasteiger partial charge in [0.15, 0.2) is 0 Å². The summed E-state index contributed by atoms with van der Waals surface area (Å²) in [6.45, 7) is 1.50. The zero-order valence-electron chi connectivity index (χ0n) is 17.1. The number of sulfonamides is 1. The van der Waals surface area contributed by atoms with Crippen molar-refractivity contribution in [3.63, 3.8) is 0 Å². The standard InChI is InChI=1S/C21H21N3O7S/c1-14(19-22-23-20(25)31-19)11-16-12-24(17-9-5-6-10-18(17)30-16)32(27,28)21(26)29-13-15-7-3-2-4-8-15/h2-10,14,16H,11-13H2,1H3,(H,23,25)/t14-,16-/m0/s1. The largest absolute Gasteiger partial charge is 0.486 e. The highest BCUT2D eigenvalue weighted by Gasteiger charge is 2.39. The number of para-hydroxylation sites is 2. The van der Waals surface area contributed by atoms with E-state index in [1.807, 2.05) is 6.07 Å². The van der Waals surface area contributed by atoms with Gasteiger partial charge in [0.2, 0.25) is 5.89 Å². The van der Waals surface area contributed by atoms with E-state index in [1.165, 1.54) is 0 Å². The number of ether oxygens (including phenoxy) is 2. The van der Waals surface area contributed by atoms with Crippen LogP contribution in [0.2, 0.25) is 0 Å². The molecule has 0 radical (unpaired) electrons. The molecule has 1 aliphatic heterocycles. The van der Waals surface area contributed by atoms with Crippen LogP contribution in [0.5, 0.6) is 5.75 Å². The van der Waals surface area contributed by atoms with Crippen molar-refractivity contribution in [1.29, 1.82) is 0 Å². The van der Waals surface area contributed by atoms with Gasteiger partial charge in [0, 0.05) is 5.92 Å².